The van der Waals surface area contributed by atoms with Gasteiger partial charge in [0, 0.05) is 11.4 Å². The standard InChI is InChI=1S/4C14H26.8H2/c4*1-11-3-7-13(8-4-11)14-9-5-12(2)6-10-14;;;;;;;;/h4*11-14H,3-10H2,1-2H3;8*1H. The number of hydrogen-bond acceptors (Lipinski definition) is 0. The van der Waals surface area contributed by atoms with Gasteiger partial charge in [-0.3, -0.25) is 0 Å². The largest absolute Gasteiger partial charge is 0.0625 e. The fourth-order valence-electron chi connectivity index (χ4n) is 14.1. The summed E-state index contributed by atoms with van der Waals surface area (Å²) >= 11 is 0. The van der Waals surface area contributed by atoms with Crippen LogP contribution in [0.3, 0.4) is 0 Å². The van der Waals surface area contributed by atoms with Crippen LogP contribution in [0.1, 0.15) is 272 Å². The molecule has 0 unspecified atom stereocenters. The monoisotopic (exact) mass is 793 g/mol. The van der Waals surface area contributed by atoms with E-state index in [0.29, 0.717) is 0 Å². The van der Waals surface area contributed by atoms with Crippen molar-refractivity contribution >= 4 is 0 Å². The topological polar surface area (TPSA) is 0 Å². The molecule has 0 saturated heterocycles. The summed E-state index contributed by atoms with van der Waals surface area (Å²) in [7, 11) is 0. The van der Waals surface area contributed by atoms with E-state index in [0.717, 1.165) is 94.7 Å². The summed E-state index contributed by atoms with van der Waals surface area (Å²) in [6.07, 6.45) is 48.8. The summed E-state index contributed by atoms with van der Waals surface area (Å²) in [6.45, 7) is 19.4. The highest BCUT2D eigenvalue weighted by Crippen LogP contribution is 2.44. The zero-order valence-corrected chi connectivity index (χ0v) is 39.9. The Morgan fingerprint density at radius 3 is 0.286 bits per heavy atom. The minimum Gasteiger partial charge on any atom is -0.0625 e. The molecule has 0 amide bonds. The molecule has 8 saturated carbocycles. The van der Waals surface area contributed by atoms with E-state index in [4.69, 9.17) is 0 Å². The predicted molar refractivity (Wildman–Crippen MR) is 266 cm³/mol. The molecule has 344 valence electrons. The van der Waals surface area contributed by atoms with Crippen LogP contribution >= 0.6 is 0 Å². The van der Waals surface area contributed by atoms with Gasteiger partial charge in [-0.05, 0) is 197 Å². The Morgan fingerprint density at radius 2 is 0.214 bits per heavy atom. The fraction of sp³-hybridized carbons (Fsp3) is 1.00. The van der Waals surface area contributed by atoms with Crippen molar-refractivity contribution < 1.29 is 11.4 Å². The predicted octanol–water partition coefficient (Wildman–Crippen LogP) is 20.5. The van der Waals surface area contributed by atoms with E-state index in [9.17, 15) is 0 Å². The van der Waals surface area contributed by atoms with Crippen LogP contribution in [-0.2, 0) is 0 Å². The molecule has 0 N–H and O–H groups in total. The van der Waals surface area contributed by atoms with Crippen molar-refractivity contribution in [2.75, 3.05) is 0 Å². The molecule has 0 heterocycles. The minimum absolute atomic E-state index is 0. The summed E-state index contributed by atoms with van der Waals surface area (Å²) in [5.41, 5.74) is 0. The van der Waals surface area contributed by atoms with Crippen LogP contribution < -0.4 is 0 Å². The first-order chi connectivity index (χ1) is 27.0. The van der Waals surface area contributed by atoms with Gasteiger partial charge in [0.1, 0.15) is 0 Å². The van der Waals surface area contributed by atoms with Gasteiger partial charge in [-0.2, -0.15) is 0 Å². The average molecular weight is 794 g/mol. The van der Waals surface area contributed by atoms with E-state index in [1.165, 1.54) is 103 Å². The van der Waals surface area contributed by atoms with E-state index < -0.39 is 0 Å². The molecule has 0 atom stereocenters. The lowest BCUT2D eigenvalue weighted by atomic mass is 9.70. The third-order valence-corrected chi connectivity index (χ3v) is 19.2. The Labute approximate surface area is 366 Å². The quantitative estimate of drug-likeness (QED) is 0.266. The maximum atomic E-state index is 2.43. The summed E-state index contributed by atoms with van der Waals surface area (Å²) in [5, 5.41) is 0. The van der Waals surface area contributed by atoms with Crippen molar-refractivity contribution in [3.8, 4) is 0 Å². The molecule has 8 aliphatic rings. The van der Waals surface area contributed by atoms with Gasteiger partial charge < -0.3 is 0 Å². The average Bonchev–Trinajstić information content (AvgIpc) is 3.21. The van der Waals surface area contributed by atoms with Crippen molar-refractivity contribution in [3.05, 3.63) is 0 Å². The molecule has 56 heavy (non-hydrogen) atoms. The molecule has 8 aliphatic carbocycles. The minimum atomic E-state index is 0. The van der Waals surface area contributed by atoms with Crippen molar-refractivity contribution in [2.45, 2.75) is 261 Å². The molecule has 0 bridgehead atoms. The van der Waals surface area contributed by atoms with E-state index in [1.54, 1.807) is 103 Å². The molecule has 0 radical (unpaired) electrons. The Morgan fingerprint density at radius 1 is 0.143 bits per heavy atom. The molecule has 8 rings (SSSR count). The van der Waals surface area contributed by atoms with Crippen molar-refractivity contribution in [1.82, 2.24) is 0 Å². The van der Waals surface area contributed by atoms with E-state index in [2.05, 4.69) is 55.4 Å². The summed E-state index contributed by atoms with van der Waals surface area (Å²) in [6, 6.07) is 0. The maximum absolute atomic E-state index is 2.43. The summed E-state index contributed by atoms with van der Waals surface area (Å²) in [5.74, 6) is 17.1. The second-order valence-corrected chi connectivity index (χ2v) is 24.2. The molecule has 0 heteroatoms. The van der Waals surface area contributed by atoms with Gasteiger partial charge in [0.25, 0.3) is 0 Å². The van der Waals surface area contributed by atoms with Crippen molar-refractivity contribution in [2.24, 2.45) is 94.7 Å². The molecular formula is C56H120. The van der Waals surface area contributed by atoms with E-state index in [1.807, 2.05) is 0 Å². The van der Waals surface area contributed by atoms with E-state index in [-0.39, 0.29) is 11.4 Å². The van der Waals surface area contributed by atoms with Gasteiger partial charge in [0.2, 0.25) is 0 Å². The molecule has 8 fully saturated rings. The van der Waals surface area contributed by atoms with Gasteiger partial charge in [0.15, 0.2) is 0 Å². The first-order valence-electron chi connectivity index (χ1n) is 27.0. The van der Waals surface area contributed by atoms with Crippen molar-refractivity contribution in [1.29, 1.82) is 0 Å². The van der Waals surface area contributed by atoms with Gasteiger partial charge in [-0.1, -0.05) is 158 Å². The first-order valence-corrected chi connectivity index (χ1v) is 27.0. The van der Waals surface area contributed by atoms with Crippen LogP contribution in [0.5, 0.6) is 0 Å². The fourth-order valence-corrected chi connectivity index (χ4v) is 14.1. The highest BCUT2D eigenvalue weighted by Gasteiger charge is 2.32. The molecule has 0 aromatic carbocycles. The van der Waals surface area contributed by atoms with Crippen LogP contribution in [0.2, 0.25) is 0 Å². The Balaban J connectivity index is -0.000000360. The lowest BCUT2D eigenvalue weighted by molar-refractivity contribution is 0.155. The molecule has 0 aromatic rings. The second kappa shape index (κ2) is 25.1. The molecule has 0 aromatic heterocycles. The molecule has 0 aliphatic heterocycles. The first kappa shape index (κ1) is 47.1. The van der Waals surface area contributed by atoms with Crippen LogP contribution in [-0.4, -0.2) is 0 Å². The number of rotatable bonds is 4. The highest BCUT2D eigenvalue weighted by atomic mass is 14.4. The van der Waals surface area contributed by atoms with Crippen LogP contribution in [0, 0.1) is 94.7 Å². The third kappa shape index (κ3) is 16.5. The Hall–Kier alpha value is 0. The summed E-state index contributed by atoms with van der Waals surface area (Å²) < 4.78 is 0. The third-order valence-electron chi connectivity index (χ3n) is 19.2. The molecule has 0 spiro atoms. The molecular weight excluding hydrogens is 673 g/mol. The Kier molecular flexibility index (Phi) is 21.1. The van der Waals surface area contributed by atoms with Gasteiger partial charge in [0.05, 0.1) is 0 Å². The summed E-state index contributed by atoms with van der Waals surface area (Å²) in [4.78, 5) is 0. The lowest BCUT2D eigenvalue weighted by Gasteiger charge is -2.36. The van der Waals surface area contributed by atoms with Gasteiger partial charge in [-0.15, -0.1) is 0 Å². The second-order valence-electron chi connectivity index (χ2n) is 24.2. The lowest BCUT2D eigenvalue weighted by Crippen LogP contribution is -2.24. The van der Waals surface area contributed by atoms with Crippen LogP contribution in [0.4, 0.5) is 0 Å². The van der Waals surface area contributed by atoms with Crippen LogP contribution in [0.25, 0.3) is 0 Å². The highest BCUT2D eigenvalue weighted by molar-refractivity contribution is 4.83. The number of hydrogen-bond donors (Lipinski definition) is 0. The molecule has 0 nitrogen and oxygen atoms in total. The zero-order valence-electron chi connectivity index (χ0n) is 39.9. The Bertz CT molecular complexity index is 742. The van der Waals surface area contributed by atoms with E-state index >= 15 is 0 Å². The normalized spacial score (nSPS) is 45.0. The van der Waals surface area contributed by atoms with Gasteiger partial charge >= 0.3 is 0 Å². The van der Waals surface area contributed by atoms with Crippen molar-refractivity contribution in [3.63, 3.8) is 0 Å². The zero-order chi connectivity index (χ0) is 39.9. The van der Waals surface area contributed by atoms with Crippen LogP contribution in [0.15, 0.2) is 0 Å². The smallest absolute Gasteiger partial charge is 0 e. The maximum Gasteiger partial charge on any atom is 0 e. The van der Waals surface area contributed by atoms with Gasteiger partial charge in [-0.25, -0.2) is 0 Å². The SMILES string of the molecule is CC1CCC(C2CCC(C)CC2)CC1.CC1CCC(C2CCC(C)CC2)CC1.CC1CCC(C2CCC(C)CC2)CC1.CC1CCC(C2CCC(C)CC2)CC1.[HH].[HH].[HH].[HH].[HH].[HH].[HH].[HH].